The summed E-state index contributed by atoms with van der Waals surface area (Å²) in [6.45, 7) is 8.36. The van der Waals surface area contributed by atoms with Gasteiger partial charge in [0.25, 0.3) is 0 Å². The lowest BCUT2D eigenvalue weighted by molar-refractivity contribution is -0.131. The van der Waals surface area contributed by atoms with Gasteiger partial charge in [0.15, 0.2) is 0 Å². The minimum atomic E-state index is -0.936. The van der Waals surface area contributed by atoms with Gasteiger partial charge in [0.1, 0.15) is 12.4 Å². The highest BCUT2D eigenvalue weighted by Gasteiger charge is 2.18. The van der Waals surface area contributed by atoms with Crippen molar-refractivity contribution in [3.05, 3.63) is 54.1 Å². The van der Waals surface area contributed by atoms with E-state index in [4.69, 9.17) is 14.6 Å². The van der Waals surface area contributed by atoms with E-state index in [1.165, 1.54) is 6.08 Å². The van der Waals surface area contributed by atoms with Gasteiger partial charge in [-0.05, 0) is 72.2 Å². The molecule has 0 spiro atoms. The number of aliphatic carboxylic acids is 1. The van der Waals surface area contributed by atoms with Gasteiger partial charge in [-0.1, -0.05) is 38.5 Å². The fourth-order valence-corrected chi connectivity index (χ4v) is 3.88. The summed E-state index contributed by atoms with van der Waals surface area (Å²) < 4.78 is 11.3. The number of carboxylic acid groups (broad SMARTS) is 1. The van der Waals surface area contributed by atoms with Gasteiger partial charge in [0.2, 0.25) is 0 Å². The Morgan fingerprint density at radius 3 is 2.47 bits per heavy atom. The Balaban J connectivity index is 1.70. The van der Waals surface area contributed by atoms with E-state index in [9.17, 15) is 4.79 Å². The minimum absolute atomic E-state index is 0.538. The van der Waals surface area contributed by atoms with Crippen LogP contribution in [0, 0.1) is 5.92 Å². The van der Waals surface area contributed by atoms with Gasteiger partial charge in [0, 0.05) is 31.5 Å². The van der Waals surface area contributed by atoms with Gasteiger partial charge in [-0.25, -0.2) is 4.79 Å². The van der Waals surface area contributed by atoms with Gasteiger partial charge in [0.05, 0.1) is 6.61 Å². The van der Waals surface area contributed by atoms with E-state index in [2.05, 4.69) is 36.9 Å². The molecule has 0 unspecified atom stereocenters. The normalized spacial score (nSPS) is 14.8. The van der Waals surface area contributed by atoms with E-state index >= 15 is 0 Å². The molecule has 172 valence electrons. The summed E-state index contributed by atoms with van der Waals surface area (Å²) in [5.41, 5.74) is 4.16. The second-order valence-electron chi connectivity index (χ2n) is 8.45. The van der Waals surface area contributed by atoms with Gasteiger partial charge in [-0.3, -0.25) is 0 Å². The molecule has 2 aromatic carbocycles. The highest BCUT2D eigenvalue weighted by molar-refractivity contribution is 5.88. The monoisotopic (exact) mass is 437 g/mol. The van der Waals surface area contributed by atoms with Crippen LogP contribution >= 0.6 is 0 Å². The Morgan fingerprint density at radius 2 is 1.78 bits per heavy atom. The molecule has 0 radical (unpaired) electrons. The average molecular weight is 438 g/mol. The third-order valence-electron chi connectivity index (χ3n) is 5.88. The molecule has 1 fully saturated rings. The first-order chi connectivity index (χ1) is 15.6. The van der Waals surface area contributed by atoms with Crippen molar-refractivity contribution >= 4 is 17.7 Å². The molecule has 0 saturated carbocycles. The molecule has 1 N–H and O–H groups in total. The van der Waals surface area contributed by atoms with E-state index in [0.29, 0.717) is 13.2 Å². The number of anilines is 1. The lowest BCUT2D eigenvalue weighted by Gasteiger charge is -2.33. The Labute approximate surface area is 191 Å². The predicted molar refractivity (Wildman–Crippen MR) is 130 cm³/mol. The number of benzene rings is 2. The number of carboxylic acids is 1. The van der Waals surface area contributed by atoms with Crippen LogP contribution in [0.25, 0.3) is 17.2 Å². The number of rotatable bonds is 11. The van der Waals surface area contributed by atoms with Crippen molar-refractivity contribution < 1.29 is 19.4 Å². The molecule has 1 saturated heterocycles. The molecule has 5 nitrogen and oxygen atoms in total. The third kappa shape index (κ3) is 7.13. The fraction of sp³-hybridized carbons (Fsp3) is 0.444. The lowest BCUT2D eigenvalue weighted by atomic mass is 9.96. The zero-order chi connectivity index (χ0) is 22.8. The molecular formula is C27H35NO4. The minimum Gasteiger partial charge on any atom is -0.491 e. The van der Waals surface area contributed by atoms with Crippen LogP contribution in [0.2, 0.25) is 0 Å². The maximum atomic E-state index is 11.1. The summed E-state index contributed by atoms with van der Waals surface area (Å²) in [6.07, 6.45) is 7.45. The van der Waals surface area contributed by atoms with E-state index in [1.54, 1.807) is 6.08 Å². The van der Waals surface area contributed by atoms with Gasteiger partial charge in [-0.2, -0.15) is 0 Å². The van der Waals surface area contributed by atoms with Crippen LogP contribution in [0.15, 0.2) is 48.5 Å². The Bertz CT molecular complexity index is 883. The van der Waals surface area contributed by atoms with Crippen LogP contribution in [-0.4, -0.2) is 44.0 Å². The van der Waals surface area contributed by atoms with Crippen LogP contribution in [0.4, 0.5) is 5.69 Å². The number of hydrogen-bond donors (Lipinski definition) is 1. The summed E-state index contributed by atoms with van der Waals surface area (Å²) >= 11 is 0. The summed E-state index contributed by atoms with van der Waals surface area (Å²) in [7, 11) is 0. The first-order valence-corrected chi connectivity index (χ1v) is 11.7. The quantitative estimate of drug-likeness (QED) is 0.351. The highest BCUT2D eigenvalue weighted by Crippen LogP contribution is 2.32. The van der Waals surface area contributed by atoms with Crippen LogP contribution in [0.1, 0.15) is 45.1 Å². The number of hydrogen-bond acceptors (Lipinski definition) is 4. The molecule has 32 heavy (non-hydrogen) atoms. The van der Waals surface area contributed by atoms with Crippen molar-refractivity contribution in [2.45, 2.75) is 39.5 Å². The first kappa shape index (κ1) is 23.9. The Kier molecular flexibility index (Phi) is 9.17. The number of ether oxygens (including phenoxy) is 2. The summed E-state index contributed by atoms with van der Waals surface area (Å²) in [5, 5.41) is 9.14. The molecule has 1 aliphatic rings. The van der Waals surface area contributed by atoms with Crippen molar-refractivity contribution in [1.82, 2.24) is 0 Å². The SMILES string of the molecule is CCCCOCCOc1ccc(-c2ccc(N3CCC(C)CC3)c(C=CC(=O)O)c2)cc1. The topological polar surface area (TPSA) is 59.0 Å². The molecule has 0 bridgehead atoms. The summed E-state index contributed by atoms with van der Waals surface area (Å²) in [4.78, 5) is 13.5. The van der Waals surface area contributed by atoms with Gasteiger partial charge < -0.3 is 19.5 Å². The van der Waals surface area contributed by atoms with Crippen LogP contribution in [-0.2, 0) is 9.53 Å². The second kappa shape index (κ2) is 12.3. The smallest absolute Gasteiger partial charge is 0.328 e. The summed E-state index contributed by atoms with van der Waals surface area (Å²) in [5.74, 6) is 0.624. The zero-order valence-electron chi connectivity index (χ0n) is 19.3. The molecule has 0 aliphatic carbocycles. The van der Waals surface area contributed by atoms with Crippen molar-refractivity contribution in [3.63, 3.8) is 0 Å². The molecule has 1 heterocycles. The maximum Gasteiger partial charge on any atom is 0.328 e. The number of nitrogens with zero attached hydrogens (tertiary/aromatic N) is 1. The van der Waals surface area contributed by atoms with Gasteiger partial charge >= 0.3 is 5.97 Å². The molecule has 5 heteroatoms. The molecule has 2 aromatic rings. The zero-order valence-corrected chi connectivity index (χ0v) is 19.3. The van der Waals surface area contributed by atoms with Crippen LogP contribution in [0.5, 0.6) is 5.75 Å². The van der Waals surface area contributed by atoms with E-state index in [-0.39, 0.29) is 0 Å². The maximum absolute atomic E-state index is 11.1. The molecule has 0 atom stereocenters. The molecule has 1 aliphatic heterocycles. The molecular weight excluding hydrogens is 402 g/mol. The predicted octanol–water partition coefficient (Wildman–Crippen LogP) is 5.88. The Hall–Kier alpha value is -2.79. The number of piperidine rings is 1. The van der Waals surface area contributed by atoms with Crippen LogP contribution < -0.4 is 9.64 Å². The van der Waals surface area contributed by atoms with Crippen molar-refractivity contribution in [1.29, 1.82) is 0 Å². The number of unbranched alkanes of at least 4 members (excludes halogenated alkanes) is 1. The largest absolute Gasteiger partial charge is 0.491 e. The number of carbonyl (C=O) groups is 1. The van der Waals surface area contributed by atoms with Crippen molar-refractivity contribution in [2.75, 3.05) is 37.8 Å². The highest BCUT2D eigenvalue weighted by atomic mass is 16.5. The van der Waals surface area contributed by atoms with E-state index in [1.807, 2.05) is 24.3 Å². The van der Waals surface area contributed by atoms with Crippen molar-refractivity contribution in [2.24, 2.45) is 5.92 Å². The average Bonchev–Trinajstić information content (AvgIpc) is 2.81. The summed E-state index contributed by atoms with van der Waals surface area (Å²) in [6, 6.07) is 14.3. The van der Waals surface area contributed by atoms with E-state index in [0.717, 1.165) is 79.4 Å². The lowest BCUT2D eigenvalue weighted by Crippen LogP contribution is -2.33. The molecule has 0 aromatic heterocycles. The van der Waals surface area contributed by atoms with Gasteiger partial charge in [-0.15, -0.1) is 0 Å². The van der Waals surface area contributed by atoms with E-state index < -0.39 is 5.97 Å². The van der Waals surface area contributed by atoms with Crippen molar-refractivity contribution in [3.8, 4) is 16.9 Å². The molecule has 0 amide bonds. The second-order valence-corrected chi connectivity index (χ2v) is 8.45. The molecule has 3 rings (SSSR count). The standard InChI is InChI=1S/C27H35NO4/c1-3-4-17-31-18-19-32-25-9-5-22(6-10-25)23-7-11-26(24(20-23)8-12-27(29)30)28-15-13-21(2)14-16-28/h5-12,20-21H,3-4,13-19H2,1-2H3,(H,29,30). The Morgan fingerprint density at radius 1 is 1.06 bits per heavy atom. The van der Waals surface area contributed by atoms with Crippen LogP contribution in [0.3, 0.4) is 0 Å². The fourth-order valence-electron chi connectivity index (χ4n) is 3.88. The first-order valence-electron chi connectivity index (χ1n) is 11.7. The third-order valence-corrected chi connectivity index (χ3v) is 5.88.